The molecule has 4 rings (SSSR count). The topological polar surface area (TPSA) is 136 Å². The molecule has 11 heteroatoms. The highest BCUT2D eigenvalue weighted by molar-refractivity contribution is 5.86. The van der Waals surface area contributed by atoms with Gasteiger partial charge in [0.2, 0.25) is 11.8 Å². The fourth-order valence-electron chi connectivity index (χ4n) is 4.74. The Morgan fingerprint density at radius 2 is 2.16 bits per heavy atom. The molecular weight excluding hydrogens is 414 g/mol. The lowest BCUT2D eigenvalue weighted by molar-refractivity contribution is -0.153. The second-order valence-corrected chi connectivity index (χ2v) is 8.26. The molecule has 0 aromatic carbocycles. The lowest BCUT2D eigenvalue weighted by Gasteiger charge is -2.53. The number of carbonyl (C=O) groups is 3. The Labute approximate surface area is 186 Å². The summed E-state index contributed by atoms with van der Waals surface area (Å²) < 4.78 is 1.81. The summed E-state index contributed by atoms with van der Waals surface area (Å²) in [4.78, 5) is 39.0. The number of hydrogen-bond acceptors (Lipinski definition) is 6. The highest BCUT2D eigenvalue weighted by atomic mass is 16.3. The molecule has 2 saturated heterocycles. The van der Waals surface area contributed by atoms with Gasteiger partial charge in [-0.05, 0) is 45.0 Å². The van der Waals surface area contributed by atoms with E-state index in [2.05, 4.69) is 32.6 Å². The second kappa shape index (κ2) is 10.9. The zero-order valence-electron chi connectivity index (χ0n) is 18.3. The Morgan fingerprint density at radius 1 is 1.34 bits per heavy atom. The quantitative estimate of drug-likeness (QED) is 0.532. The Morgan fingerprint density at radius 3 is 2.84 bits per heavy atom. The van der Waals surface area contributed by atoms with Crippen LogP contribution in [0.5, 0.6) is 0 Å². The smallest absolute Gasteiger partial charge is 0.290 e. The molecule has 0 saturated carbocycles. The van der Waals surface area contributed by atoms with E-state index in [0.29, 0.717) is 19.6 Å². The molecule has 2 aliphatic rings. The molecule has 0 unspecified atom stereocenters. The average Bonchev–Trinajstić information content (AvgIpc) is 3.48. The summed E-state index contributed by atoms with van der Waals surface area (Å²) in [6.45, 7) is 3.22. The van der Waals surface area contributed by atoms with Crippen molar-refractivity contribution < 1.29 is 19.5 Å². The van der Waals surface area contributed by atoms with Gasteiger partial charge in [0.25, 0.3) is 6.47 Å². The van der Waals surface area contributed by atoms with Crippen LogP contribution in [0, 0.1) is 5.41 Å². The molecule has 11 nitrogen and oxygen atoms in total. The van der Waals surface area contributed by atoms with Crippen molar-refractivity contribution >= 4 is 18.3 Å². The van der Waals surface area contributed by atoms with Crippen molar-refractivity contribution in [2.75, 3.05) is 33.2 Å². The molecule has 174 valence electrons. The molecule has 0 radical (unpaired) electrons. The molecule has 0 aliphatic carbocycles. The molecule has 2 fully saturated rings. The third-order valence-electron chi connectivity index (χ3n) is 6.32. The third-order valence-corrected chi connectivity index (χ3v) is 6.32. The number of carbonyl (C=O) groups excluding carboxylic acids is 2. The van der Waals surface area contributed by atoms with E-state index in [9.17, 15) is 9.59 Å². The Bertz CT molecular complexity index is 871. The summed E-state index contributed by atoms with van der Waals surface area (Å²) in [7, 11) is 2.06. The van der Waals surface area contributed by atoms with E-state index in [1.165, 1.54) is 0 Å². The Kier molecular flexibility index (Phi) is 7.98. The molecule has 2 aromatic heterocycles. The van der Waals surface area contributed by atoms with Crippen molar-refractivity contribution in [1.82, 2.24) is 35.1 Å². The van der Waals surface area contributed by atoms with Crippen LogP contribution in [0.3, 0.4) is 0 Å². The maximum Gasteiger partial charge on any atom is 0.290 e. The first-order valence-electron chi connectivity index (χ1n) is 10.8. The van der Waals surface area contributed by atoms with Crippen LogP contribution in [0.1, 0.15) is 25.0 Å². The lowest BCUT2D eigenvalue weighted by Crippen LogP contribution is -2.66. The summed E-state index contributed by atoms with van der Waals surface area (Å²) in [5.74, 6) is 0.129. The zero-order chi connectivity index (χ0) is 23.0. The van der Waals surface area contributed by atoms with Gasteiger partial charge in [-0.15, -0.1) is 0 Å². The summed E-state index contributed by atoms with van der Waals surface area (Å²) in [5.41, 5.74) is 0.289. The second-order valence-electron chi connectivity index (χ2n) is 8.26. The number of aromatic nitrogens is 4. The van der Waals surface area contributed by atoms with E-state index < -0.39 is 5.41 Å². The fourth-order valence-corrected chi connectivity index (χ4v) is 4.74. The molecule has 2 aliphatic heterocycles. The van der Waals surface area contributed by atoms with Gasteiger partial charge in [-0.25, -0.2) is 0 Å². The van der Waals surface area contributed by atoms with Gasteiger partial charge in [-0.3, -0.25) is 24.2 Å². The number of H-pyrrole nitrogens is 1. The number of carboxylic acid groups (broad SMARTS) is 1. The van der Waals surface area contributed by atoms with Crippen LogP contribution in [0.25, 0.3) is 0 Å². The molecule has 2 atom stereocenters. The Hall–Kier alpha value is -3.21. The summed E-state index contributed by atoms with van der Waals surface area (Å²) in [6.07, 6.45) is 8.02. The molecule has 2 aromatic rings. The maximum atomic E-state index is 13.4. The molecule has 0 bridgehead atoms. The molecule has 2 amide bonds. The lowest BCUT2D eigenvalue weighted by atomic mass is 9.67. The number of likely N-dealkylation sites (N-methyl/N-ethyl adjacent to an activating group) is 1. The van der Waals surface area contributed by atoms with Crippen molar-refractivity contribution in [2.24, 2.45) is 5.41 Å². The van der Waals surface area contributed by atoms with Crippen LogP contribution in [-0.4, -0.2) is 92.4 Å². The zero-order valence-corrected chi connectivity index (χ0v) is 18.3. The first kappa shape index (κ1) is 23.5. The number of rotatable bonds is 6. The maximum absolute atomic E-state index is 13.4. The first-order chi connectivity index (χ1) is 15.5. The number of aromatic amines is 1. The van der Waals surface area contributed by atoms with Gasteiger partial charge < -0.3 is 20.2 Å². The normalized spacial score (nSPS) is 22.9. The van der Waals surface area contributed by atoms with E-state index in [4.69, 9.17) is 9.90 Å². The average molecular weight is 446 g/mol. The number of nitrogens with one attached hydrogen (secondary N) is 2. The van der Waals surface area contributed by atoms with E-state index in [-0.39, 0.29) is 30.7 Å². The van der Waals surface area contributed by atoms with E-state index in [1.54, 1.807) is 12.4 Å². The predicted molar refractivity (Wildman–Crippen MR) is 116 cm³/mol. The highest BCUT2D eigenvalue weighted by Crippen LogP contribution is 2.42. The number of hydrogen-bond donors (Lipinski definition) is 3. The van der Waals surface area contributed by atoms with Crippen LogP contribution < -0.4 is 5.32 Å². The van der Waals surface area contributed by atoms with Crippen molar-refractivity contribution in [3.05, 3.63) is 36.4 Å². The SMILES string of the molecule is CN1CC[C@]2(C(=O)NCCn3cccn3)CCCN(C(=O)Cc3ccn[nH]3)[C@H]2C1.O=CO. The van der Waals surface area contributed by atoms with Crippen LogP contribution in [0.2, 0.25) is 0 Å². The van der Waals surface area contributed by atoms with Crippen LogP contribution in [0.15, 0.2) is 30.7 Å². The van der Waals surface area contributed by atoms with Gasteiger partial charge in [0.05, 0.1) is 24.4 Å². The minimum atomic E-state index is -0.515. The minimum Gasteiger partial charge on any atom is -0.483 e. The van der Waals surface area contributed by atoms with Gasteiger partial charge in [0.1, 0.15) is 0 Å². The molecule has 4 heterocycles. The molecular formula is C21H31N7O4. The molecule has 0 spiro atoms. The minimum absolute atomic E-state index is 0.0583. The highest BCUT2D eigenvalue weighted by Gasteiger charge is 2.53. The monoisotopic (exact) mass is 445 g/mol. The third kappa shape index (κ3) is 5.34. The van der Waals surface area contributed by atoms with E-state index in [1.807, 2.05) is 27.9 Å². The number of nitrogens with zero attached hydrogens (tertiary/aromatic N) is 5. The number of likely N-dealkylation sites (tertiary alicyclic amines) is 2. The summed E-state index contributed by atoms with van der Waals surface area (Å²) in [5, 5.41) is 21.0. The molecule has 32 heavy (non-hydrogen) atoms. The van der Waals surface area contributed by atoms with Gasteiger partial charge in [-0.1, -0.05) is 0 Å². The molecule has 3 N–H and O–H groups in total. The van der Waals surface area contributed by atoms with Crippen LogP contribution in [-0.2, 0) is 27.3 Å². The fraction of sp³-hybridized carbons (Fsp3) is 0.571. The van der Waals surface area contributed by atoms with Gasteiger partial charge in [0, 0.05) is 43.9 Å². The standard InChI is InChI=1S/C20H29N7O2.CH2O2/c1-25-12-6-20(19(29)21-9-13-26-10-3-7-23-26)5-2-11-27(17(20)15-25)18(28)14-16-4-8-22-24-16;2-1-3/h3-4,7-8,10,17H,2,5-6,9,11-15H2,1H3,(H,21,29)(H,22,24);1H,(H,2,3)/t17-,20+;/m0./s1. The van der Waals surface area contributed by atoms with Gasteiger partial charge in [-0.2, -0.15) is 10.2 Å². The van der Waals surface area contributed by atoms with Gasteiger partial charge in [0.15, 0.2) is 0 Å². The predicted octanol–water partition coefficient (Wildman–Crippen LogP) is -0.0212. The number of piperidine rings is 2. The van der Waals surface area contributed by atoms with Crippen molar-refractivity contribution in [3.8, 4) is 0 Å². The van der Waals surface area contributed by atoms with E-state index in [0.717, 1.165) is 38.0 Å². The van der Waals surface area contributed by atoms with Crippen LogP contribution >= 0.6 is 0 Å². The van der Waals surface area contributed by atoms with Crippen molar-refractivity contribution in [2.45, 2.75) is 38.3 Å². The summed E-state index contributed by atoms with van der Waals surface area (Å²) >= 11 is 0. The van der Waals surface area contributed by atoms with Crippen LogP contribution in [0.4, 0.5) is 0 Å². The first-order valence-corrected chi connectivity index (χ1v) is 10.8. The number of amides is 2. The summed E-state index contributed by atoms with van der Waals surface area (Å²) in [6, 6.07) is 3.59. The van der Waals surface area contributed by atoms with Gasteiger partial charge >= 0.3 is 0 Å². The Balaban J connectivity index is 0.000000913. The number of fused-ring (bicyclic) bond motifs is 1. The van der Waals surface area contributed by atoms with Crippen molar-refractivity contribution in [1.29, 1.82) is 0 Å². The van der Waals surface area contributed by atoms with Crippen molar-refractivity contribution in [3.63, 3.8) is 0 Å². The largest absolute Gasteiger partial charge is 0.483 e. The van der Waals surface area contributed by atoms with E-state index >= 15 is 0 Å².